The van der Waals surface area contributed by atoms with E-state index in [4.69, 9.17) is 10.5 Å². The molecule has 2 unspecified atom stereocenters. The summed E-state index contributed by atoms with van der Waals surface area (Å²) in [6, 6.07) is 2.50. The summed E-state index contributed by atoms with van der Waals surface area (Å²) >= 11 is 2.14. The van der Waals surface area contributed by atoms with Crippen LogP contribution in [0.3, 0.4) is 0 Å². The summed E-state index contributed by atoms with van der Waals surface area (Å²) in [6.45, 7) is 2.43. The van der Waals surface area contributed by atoms with Crippen molar-refractivity contribution in [3.63, 3.8) is 0 Å². The highest BCUT2D eigenvalue weighted by Gasteiger charge is 2.69. The molecular weight excluding hydrogens is 567 g/mol. The topological polar surface area (TPSA) is 144 Å². The number of primary amides is 1. The Kier molecular flexibility index (Phi) is 6.93. The number of ether oxygens (including phenoxy) is 1. The molecule has 35 heavy (non-hydrogen) atoms. The second-order valence-corrected chi connectivity index (χ2v) is 11.1. The van der Waals surface area contributed by atoms with E-state index in [1.807, 2.05) is 13.0 Å². The number of carbonyl (C=O) groups excluding carboxylic acids is 5. The van der Waals surface area contributed by atoms with Gasteiger partial charge in [-0.1, -0.05) is 13.3 Å². The van der Waals surface area contributed by atoms with E-state index in [1.54, 1.807) is 20.2 Å². The first-order valence-corrected chi connectivity index (χ1v) is 12.8. The number of amides is 1. The molecule has 0 bridgehead atoms. The van der Waals surface area contributed by atoms with E-state index in [2.05, 4.69) is 22.6 Å². The molecule has 0 aliphatic heterocycles. The number of rotatable bonds is 6. The number of likely N-dealkylation sites (N-methyl/N-ethyl adjacent to an activating group) is 1. The monoisotopic (exact) mass is 596 g/mol. The molecule has 3 aliphatic carbocycles. The van der Waals surface area contributed by atoms with Crippen LogP contribution in [-0.4, -0.2) is 71.4 Å². The molecule has 1 amide bonds. The van der Waals surface area contributed by atoms with Gasteiger partial charge in [0.1, 0.15) is 5.75 Å². The Labute approximate surface area is 216 Å². The number of nitrogens with zero attached hydrogens (tertiary/aromatic N) is 1. The van der Waals surface area contributed by atoms with Gasteiger partial charge < -0.3 is 15.6 Å². The van der Waals surface area contributed by atoms with Crippen molar-refractivity contribution in [1.29, 1.82) is 0 Å². The van der Waals surface area contributed by atoms with Crippen LogP contribution in [0.5, 0.6) is 5.75 Å². The first kappa shape index (κ1) is 25.9. The lowest BCUT2D eigenvalue weighted by Gasteiger charge is -2.52. The average Bonchev–Trinajstić information content (AvgIpc) is 2.77. The predicted molar refractivity (Wildman–Crippen MR) is 133 cm³/mol. The van der Waals surface area contributed by atoms with Crippen LogP contribution in [-0.2, 0) is 25.6 Å². The lowest BCUT2D eigenvalue weighted by atomic mass is 9.52. The van der Waals surface area contributed by atoms with Crippen LogP contribution >= 0.6 is 22.6 Å². The van der Waals surface area contributed by atoms with Gasteiger partial charge in [0.05, 0.1) is 24.1 Å². The van der Waals surface area contributed by atoms with Crippen molar-refractivity contribution in [1.82, 2.24) is 4.90 Å². The van der Waals surface area contributed by atoms with Gasteiger partial charge in [-0.25, -0.2) is 0 Å². The first-order chi connectivity index (χ1) is 16.5. The molecule has 0 spiro atoms. The molecule has 6 atom stereocenters. The molecule has 2 saturated carbocycles. The number of hydrogen-bond acceptors (Lipinski definition) is 8. The highest BCUT2D eigenvalue weighted by atomic mass is 127. The molecule has 1 aromatic rings. The van der Waals surface area contributed by atoms with Gasteiger partial charge >= 0.3 is 0 Å². The van der Waals surface area contributed by atoms with Gasteiger partial charge in [0.2, 0.25) is 5.91 Å². The lowest BCUT2D eigenvalue weighted by Crippen LogP contribution is -2.74. The van der Waals surface area contributed by atoms with E-state index in [9.17, 15) is 29.1 Å². The van der Waals surface area contributed by atoms with E-state index >= 15 is 0 Å². The maximum Gasteiger partial charge on any atom is 0.235 e. The number of nitrogens with two attached hydrogens (primary N) is 1. The Morgan fingerprint density at radius 1 is 1.23 bits per heavy atom. The van der Waals surface area contributed by atoms with Gasteiger partial charge in [0.15, 0.2) is 34.7 Å². The largest absolute Gasteiger partial charge is 0.493 e. The summed E-state index contributed by atoms with van der Waals surface area (Å²) in [6.07, 6.45) is 2.17. The normalized spacial score (nSPS) is 32.2. The summed E-state index contributed by atoms with van der Waals surface area (Å²) in [5, 5.41) is 11.6. The zero-order chi connectivity index (χ0) is 25.8. The van der Waals surface area contributed by atoms with Crippen molar-refractivity contribution < 1.29 is 33.8 Å². The molecule has 10 heteroatoms. The molecule has 2 fully saturated rings. The van der Waals surface area contributed by atoms with Gasteiger partial charge in [0.25, 0.3) is 0 Å². The average molecular weight is 596 g/mol. The van der Waals surface area contributed by atoms with E-state index < -0.39 is 64.4 Å². The Balaban J connectivity index is 1.82. The number of carbonyl (C=O) groups is 5. The second kappa shape index (κ2) is 9.36. The van der Waals surface area contributed by atoms with Crippen molar-refractivity contribution >= 4 is 51.6 Å². The number of halogens is 1. The maximum absolute atomic E-state index is 13.8. The smallest absolute Gasteiger partial charge is 0.235 e. The van der Waals surface area contributed by atoms with Gasteiger partial charge in [-0.05, 0) is 79.6 Å². The molecule has 0 heterocycles. The van der Waals surface area contributed by atoms with Crippen molar-refractivity contribution in [3.05, 3.63) is 26.8 Å². The van der Waals surface area contributed by atoms with Crippen LogP contribution in [0.1, 0.15) is 42.1 Å². The van der Waals surface area contributed by atoms with Crippen LogP contribution in [0, 0.1) is 27.2 Å². The molecule has 188 valence electrons. The first-order valence-electron chi connectivity index (χ1n) is 11.8. The molecule has 0 aromatic heterocycles. The van der Waals surface area contributed by atoms with Crippen molar-refractivity contribution in [2.45, 2.75) is 44.2 Å². The van der Waals surface area contributed by atoms with Gasteiger partial charge in [-0.15, -0.1) is 0 Å². The Morgan fingerprint density at radius 3 is 2.51 bits per heavy atom. The molecule has 3 N–H and O–H groups in total. The van der Waals surface area contributed by atoms with Gasteiger partial charge in [0, 0.05) is 9.49 Å². The fourth-order valence-corrected chi connectivity index (χ4v) is 6.67. The zero-order valence-electron chi connectivity index (χ0n) is 19.9. The molecule has 3 aliphatic rings. The van der Waals surface area contributed by atoms with E-state index in [-0.39, 0.29) is 6.42 Å². The van der Waals surface area contributed by atoms with E-state index in [0.29, 0.717) is 24.3 Å². The third-order valence-electron chi connectivity index (χ3n) is 7.63. The van der Waals surface area contributed by atoms with Crippen molar-refractivity contribution in [2.24, 2.45) is 29.4 Å². The maximum atomic E-state index is 13.8. The number of unbranched alkanes of at least 4 members (excludes halogenated alkanes) is 1. The van der Waals surface area contributed by atoms with Crippen LogP contribution < -0.4 is 10.5 Å². The SMILES string of the molecule is CCCCOc1ccc(I)c2c1C(=O)C1C(=O)[C@]3(O)C(=O)C(C(N)=O)C(=O)[C@@H](N(C)C)[C@@H]3C[C@@H]1C2. The van der Waals surface area contributed by atoms with Gasteiger partial charge in [-0.3, -0.25) is 28.9 Å². The van der Waals surface area contributed by atoms with Gasteiger partial charge in [-0.2, -0.15) is 0 Å². The van der Waals surface area contributed by atoms with Crippen molar-refractivity contribution in [2.75, 3.05) is 20.7 Å². The minimum Gasteiger partial charge on any atom is -0.493 e. The minimum atomic E-state index is -2.65. The number of ketones is 4. The van der Waals surface area contributed by atoms with Crippen LogP contribution in [0.15, 0.2) is 12.1 Å². The van der Waals surface area contributed by atoms with Crippen LogP contribution in [0.25, 0.3) is 0 Å². The molecular formula is C25H29IN2O7. The fourth-order valence-electron chi connectivity index (χ4n) is 6.00. The molecule has 4 rings (SSSR count). The quantitative estimate of drug-likeness (QED) is 0.281. The second-order valence-electron chi connectivity index (χ2n) is 9.89. The van der Waals surface area contributed by atoms with E-state index in [0.717, 1.165) is 22.0 Å². The summed E-state index contributed by atoms with van der Waals surface area (Å²) < 4.78 is 6.73. The van der Waals surface area contributed by atoms with Crippen molar-refractivity contribution in [3.8, 4) is 5.75 Å². The predicted octanol–water partition coefficient (Wildman–Crippen LogP) is 0.945. The Hall–Kier alpha value is -2.18. The summed E-state index contributed by atoms with van der Waals surface area (Å²) in [4.78, 5) is 67.5. The van der Waals surface area contributed by atoms with Crippen LogP contribution in [0.4, 0.5) is 0 Å². The number of benzene rings is 1. The lowest BCUT2D eigenvalue weighted by molar-refractivity contribution is -0.181. The third-order valence-corrected chi connectivity index (χ3v) is 8.64. The molecule has 1 aromatic carbocycles. The standard InChI is InChI=1S/C25H29IN2O7/c1-4-5-8-35-15-7-6-14(26)12-9-11-10-13-19(28(2)3)21(30)18(24(27)33)23(32)25(13,34)22(31)16(11)20(29)17(12)15/h6-7,11,13,16,18-19,34H,4-5,8-10H2,1-3H3,(H2,27,33)/t11-,13-,16?,18?,19-,25-/m0/s1. The third kappa shape index (κ3) is 3.84. The minimum absolute atomic E-state index is 0.0981. The molecule has 9 nitrogen and oxygen atoms in total. The Morgan fingerprint density at radius 2 is 1.91 bits per heavy atom. The summed E-state index contributed by atoms with van der Waals surface area (Å²) in [5.74, 6) is -9.03. The summed E-state index contributed by atoms with van der Waals surface area (Å²) in [5.41, 5.74) is 3.77. The number of Topliss-reactive ketones (excluding diaryl/α,β-unsaturated/α-hetero) is 4. The molecule has 0 saturated heterocycles. The number of aliphatic hydroxyl groups is 1. The summed E-state index contributed by atoms with van der Waals surface area (Å²) in [7, 11) is 3.16. The molecule has 0 radical (unpaired) electrons. The fraction of sp³-hybridized carbons (Fsp3) is 0.560. The number of hydrogen-bond donors (Lipinski definition) is 2. The number of fused-ring (bicyclic) bond motifs is 3. The van der Waals surface area contributed by atoms with Crippen LogP contribution in [0.2, 0.25) is 0 Å². The Bertz CT molecular complexity index is 1130. The highest BCUT2D eigenvalue weighted by Crippen LogP contribution is 2.51. The van der Waals surface area contributed by atoms with E-state index in [1.165, 1.54) is 4.90 Å². The highest BCUT2D eigenvalue weighted by molar-refractivity contribution is 14.1. The zero-order valence-corrected chi connectivity index (χ0v) is 22.0.